The van der Waals surface area contributed by atoms with Crippen molar-refractivity contribution >= 4 is 16.9 Å². The zero-order valence-corrected chi connectivity index (χ0v) is 15.8. The molecule has 0 saturated carbocycles. The Bertz CT molecular complexity index is 1030. The second-order valence-electron chi connectivity index (χ2n) is 6.60. The Morgan fingerprint density at radius 1 is 1.29 bits per heavy atom. The van der Waals surface area contributed by atoms with Gasteiger partial charge in [-0.15, -0.1) is 0 Å². The summed E-state index contributed by atoms with van der Waals surface area (Å²) in [6.45, 7) is 4.41. The molecule has 0 spiro atoms. The number of carboxylic acid groups (broad SMARTS) is 1. The minimum atomic E-state index is -0.866. The number of carbonyl (C=O) groups is 1. The lowest BCUT2D eigenvalue weighted by molar-refractivity contribution is -0.137. The molecule has 0 aliphatic heterocycles. The van der Waals surface area contributed by atoms with Gasteiger partial charge in [0.15, 0.2) is 0 Å². The van der Waals surface area contributed by atoms with Crippen LogP contribution in [0.1, 0.15) is 31.4 Å². The highest BCUT2D eigenvalue weighted by Gasteiger charge is 2.11. The Kier molecular flexibility index (Phi) is 5.80. The van der Waals surface area contributed by atoms with E-state index in [1.165, 1.54) is 0 Å². The van der Waals surface area contributed by atoms with Gasteiger partial charge in [-0.05, 0) is 43.7 Å². The van der Waals surface area contributed by atoms with Crippen molar-refractivity contribution in [3.63, 3.8) is 0 Å². The molecule has 28 heavy (non-hydrogen) atoms. The quantitative estimate of drug-likeness (QED) is 0.640. The van der Waals surface area contributed by atoms with Crippen LogP contribution >= 0.6 is 0 Å². The maximum absolute atomic E-state index is 10.8. The fourth-order valence-corrected chi connectivity index (χ4v) is 2.85. The van der Waals surface area contributed by atoms with Crippen LogP contribution in [0.25, 0.3) is 10.9 Å². The number of nitrogens with zero attached hydrogens (tertiary/aromatic N) is 3. The molecule has 0 aliphatic carbocycles. The lowest BCUT2D eigenvalue weighted by Crippen LogP contribution is -2.07. The van der Waals surface area contributed by atoms with Crippen molar-refractivity contribution in [2.24, 2.45) is 0 Å². The molecule has 1 aromatic heterocycles. The number of aliphatic carboxylic acids is 1. The Labute approximate surface area is 162 Å². The third kappa shape index (κ3) is 4.41. The van der Waals surface area contributed by atoms with Crippen molar-refractivity contribution in [1.29, 1.82) is 5.26 Å². The number of carboxylic acids is 1. The summed E-state index contributed by atoms with van der Waals surface area (Å²) >= 11 is 0. The van der Waals surface area contributed by atoms with Crippen LogP contribution < -0.4 is 9.47 Å². The van der Waals surface area contributed by atoms with Gasteiger partial charge in [-0.2, -0.15) is 10.4 Å². The molecule has 1 N–H and O–H groups in total. The van der Waals surface area contributed by atoms with E-state index in [1.54, 1.807) is 23.0 Å². The summed E-state index contributed by atoms with van der Waals surface area (Å²) in [4.78, 5) is 10.8. The van der Waals surface area contributed by atoms with Crippen LogP contribution in [-0.2, 0) is 17.9 Å². The first-order chi connectivity index (χ1) is 13.5. The first-order valence-corrected chi connectivity index (χ1v) is 8.96. The van der Waals surface area contributed by atoms with Crippen LogP contribution in [0.4, 0.5) is 0 Å². The summed E-state index contributed by atoms with van der Waals surface area (Å²) < 4.78 is 13.2. The molecule has 3 rings (SSSR count). The van der Waals surface area contributed by atoms with Gasteiger partial charge in [0, 0.05) is 0 Å². The van der Waals surface area contributed by atoms with Crippen molar-refractivity contribution in [2.75, 3.05) is 0 Å². The zero-order valence-electron chi connectivity index (χ0n) is 15.8. The summed E-state index contributed by atoms with van der Waals surface area (Å²) in [7, 11) is 0. The van der Waals surface area contributed by atoms with Crippen molar-refractivity contribution in [3.05, 3.63) is 53.7 Å². The van der Waals surface area contributed by atoms with E-state index >= 15 is 0 Å². The zero-order chi connectivity index (χ0) is 20.1. The molecule has 3 aromatic rings. The van der Waals surface area contributed by atoms with Gasteiger partial charge >= 0.3 is 5.97 Å². The molecule has 0 radical (unpaired) electrons. The van der Waals surface area contributed by atoms with E-state index in [0.717, 1.165) is 16.5 Å². The van der Waals surface area contributed by atoms with E-state index < -0.39 is 5.97 Å². The molecule has 0 unspecified atom stereocenters. The fourth-order valence-electron chi connectivity index (χ4n) is 2.85. The summed E-state index contributed by atoms with van der Waals surface area (Å²) in [5.41, 5.74) is 2.13. The predicted octanol–water partition coefficient (Wildman–Crippen LogP) is 3.75. The number of aryl methyl sites for hydroxylation is 1. The summed E-state index contributed by atoms with van der Waals surface area (Å²) in [5.74, 6) is 0.345. The number of hydrogen-bond donors (Lipinski definition) is 1. The van der Waals surface area contributed by atoms with Crippen LogP contribution in [0.3, 0.4) is 0 Å². The molecule has 144 valence electrons. The molecule has 2 aromatic carbocycles. The Balaban J connectivity index is 1.77. The van der Waals surface area contributed by atoms with Crippen LogP contribution in [0.5, 0.6) is 11.5 Å². The first-order valence-electron chi connectivity index (χ1n) is 8.96. The normalized spacial score (nSPS) is 10.8. The number of nitriles is 1. The smallest absolute Gasteiger partial charge is 0.305 e. The highest BCUT2D eigenvalue weighted by molar-refractivity contribution is 5.85. The molecule has 7 heteroatoms. The molecular weight excluding hydrogens is 358 g/mol. The molecule has 1 heterocycles. The van der Waals surface area contributed by atoms with Crippen LogP contribution in [-0.4, -0.2) is 27.0 Å². The average Bonchev–Trinajstić information content (AvgIpc) is 3.08. The molecule has 0 aliphatic rings. The number of rotatable bonds is 8. The minimum absolute atomic E-state index is 0.00357. The second kappa shape index (κ2) is 8.44. The number of hydrogen-bond acceptors (Lipinski definition) is 5. The van der Waals surface area contributed by atoms with Gasteiger partial charge in [0.05, 0.1) is 41.7 Å². The monoisotopic (exact) mass is 379 g/mol. The summed E-state index contributed by atoms with van der Waals surface area (Å²) in [6.07, 6.45) is 1.67. The predicted molar refractivity (Wildman–Crippen MR) is 103 cm³/mol. The van der Waals surface area contributed by atoms with Gasteiger partial charge in [-0.3, -0.25) is 9.48 Å². The SMILES string of the molecule is CC(C)Oc1ccc(COc2cccc3c2cnn3CCC(=O)O)cc1C#N. The Morgan fingerprint density at radius 2 is 2.11 bits per heavy atom. The van der Waals surface area contributed by atoms with Gasteiger partial charge in [0.25, 0.3) is 0 Å². The van der Waals surface area contributed by atoms with E-state index in [9.17, 15) is 10.1 Å². The highest BCUT2D eigenvalue weighted by atomic mass is 16.5. The van der Waals surface area contributed by atoms with E-state index in [0.29, 0.717) is 23.6 Å². The highest BCUT2D eigenvalue weighted by Crippen LogP contribution is 2.27. The van der Waals surface area contributed by atoms with E-state index in [-0.39, 0.29) is 19.1 Å². The van der Waals surface area contributed by atoms with Gasteiger partial charge in [0.2, 0.25) is 0 Å². The Hall–Kier alpha value is -3.53. The topological polar surface area (TPSA) is 97.4 Å². The van der Waals surface area contributed by atoms with Crippen LogP contribution in [0, 0.1) is 11.3 Å². The van der Waals surface area contributed by atoms with Gasteiger partial charge < -0.3 is 14.6 Å². The molecule has 0 saturated heterocycles. The van der Waals surface area contributed by atoms with Crippen molar-refractivity contribution in [1.82, 2.24) is 9.78 Å². The summed E-state index contributed by atoms with van der Waals surface area (Å²) in [5, 5.41) is 23.3. The third-order valence-corrected chi connectivity index (χ3v) is 4.11. The standard InChI is InChI=1S/C21H21N3O4/c1-14(2)28-19-7-6-15(10-16(19)11-22)13-27-20-5-3-4-18-17(20)12-23-24(18)9-8-21(25)26/h3-7,10,12,14H,8-9,13H2,1-2H3,(H,25,26). The molecule has 7 nitrogen and oxygen atoms in total. The number of ether oxygens (including phenoxy) is 2. The van der Waals surface area contributed by atoms with Crippen LogP contribution in [0.2, 0.25) is 0 Å². The lowest BCUT2D eigenvalue weighted by atomic mass is 10.1. The fraction of sp³-hybridized carbons (Fsp3) is 0.286. The third-order valence-electron chi connectivity index (χ3n) is 4.11. The van der Waals surface area contributed by atoms with Crippen molar-refractivity contribution < 1.29 is 19.4 Å². The molecule has 0 bridgehead atoms. The molecular formula is C21H21N3O4. The van der Waals surface area contributed by atoms with Crippen LogP contribution in [0.15, 0.2) is 42.6 Å². The molecule has 0 fully saturated rings. The van der Waals surface area contributed by atoms with Crippen molar-refractivity contribution in [2.45, 2.75) is 39.5 Å². The van der Waals surface area contributed by atoms with Gasteiger partial charge in [-0.25, -0.2) is 0 Å². The molecule has 0 atom stereocenters. The molecule has 0 amide bonds. The van der Waals surface area contributed by atoms with Crippen molar-refractivity contribution in [3.8, 4) is 17.6 Å². The van der Waals surface area contributed by atoms with E-state index in [2.05, 4.69) is 11.2 Å². The number of fused-ring (bicyclic) bond motifs is 1. The summed E-state index contributed by atoms with van der Waals surface area (Å²) in [6, 6.07) is 13.1. The number of benzene rings is 2. The minimum Gasteiger partial charge on any atom is -0.490 e. The van der Waals surface area contributed by atoms with Gasteiger partial charge in [-0.1, -0.05) is 12.1 Å². The maximum Gasteiger partial charge on any atom is 0.305 e. The van der Waals surface area contributed by atoms with E-state index in [1.807, 2.05) is 38.1 Å². The largest absolute Gasteiger partial charge is 0.490 e. The van der Waals surface area contributed by atoms with Gasteiger partial charge in [0.1, 0.15) is 24.2 Å². The lowest BCUT2D eigenvalue weighted by Gasteiger charge is -2.13. The van der Waals surface area contributed by atoms with E-state index in [4.69, 9.17) is 14.6 Å². The first kappa shape index (κ1) is 19.2. The Morgan fingerprint density at radius 3 is 2.82 bits per heavy atom. The second-order valence-corrected chi connectivity index (χ2v) is 6.60. The average molecular weight is 379 g/mol. The number of aromatic nitrogens is 2. The maximum atomic E-state index is 10.8.